The summed E-state index contributed by atoms with van der Waals surface area (Å²) in [6.07, 6.45) is 3.18. The van der Waals surface area contributed by atoms with Crippen molar-refractivity contribution in [3.05, 3.63) is 30.3 Å². The van der Waals surface area contributed by atoms with Crippen molar-refractivity contribution >= 4 is 33.4 Å². The Bertz CT molecular complexity index is 590. The standard InChI is InChI=1S/C15H22N2O3S2/c1-22(19,20)17-9-5-6-13(10-17)11-21-12-15(18)16-14-7-3-2-4-8-14/h2-4,7-8,13H,5-6,9-12H2,1H3,(H,16,18)/t13-/m1/s1. The predicted octanol–water partition coefficient (Wildman–Crippen LogP) is 2.03. The van der Waals surface area contributed by atoms with Crippen LogP contribution in [0.2, 0.25) is 0 Å². The summed E-state index contributed by atoms with van der Waals surface area (Å²) in [7, 11) is -3.10. The van der Waals surface area contributed by atoms with Gasteiger partial charge in [0.25, 0.3) is 0 Å². The summed E-state index contributed by atoms with van der Waals surface area (Å²) in [5.74, 6) is 1.52. The predicted molar refractivity (Wildman–Crippen MR) is 91.5 cm³/mol. The Morgan fingerprint density at radius 2 is 2.09 bits per heavy atom. The SMILES string of the molecule is CS(=O)(=O)N1CCC[C@@H](CSCC(=O)Nc2ccccc2)C1. The van der Waals surface area contributed by atoms with E-state index in [2.05, 4.69) is 5.32 Å². The minimum absolute atomic E-state index is 0.0213. The van der Waals surface area contributed by atoms with Gasteiger partial charge in [0.05, 0.1) is 12.0 Å². The molecule has 0 bridgehead atoms. The number of rotatable bonds is 6. The molecular formula is C15H22N2O3S2. The van der Waals surface area contributed by atoms with E-state index in [0.717, 1.165) is 24.3 Å². The average molecular weight is 342 g/mol. The molecule has 1 saturated heterocycles. The Morgan fingerprint density at radius 1 is 1.36 bits per heavy atom. The summed E-state index contributed by atoms with van der Waals surface area (Å²) in [6.45, 7) is 1.20. The molecule has 0 saturated carbocycles. The van der Waals surface area contributed by atoms with Crippen molar-refractivity contribution in [3.8, 4) is 0 Å². The van der Waals surface area contributed by atoms with Gasteiger partial charge in [-0.3, -0.25) is 4.79 Å². The molecule has 1 aliphatic rings. The zero-order valence-electron chi connectivity index (χ0n) is 12.7. The average Bonchev–Trinajstić information content (AvgIpc) is 2.48. The fourth-order valence-corrected chi connectivity index (χ4v) is 4.42. The molecule has 1 aromatic carbocycles. The van der Waals surface area contributed by atoms with Crippen LogP contribution in [0.15, 0.2) is 30.3 Å². The van der Waals surface area contributed by atoms with Crippen LogP contribution in [0, 0.1) is 5.92 Å². The van der Waals surface area contributed by atoms with Crippen LogP contribution in [0.3, 0.4) is 0 Å². The topological polar surface area (TPSA) is 66.5 Å². The number of nitrogens with one attached hydrogen (secondary N) is 1. The van der Waals surface area contributed by atoms with E-state index in [1.807, 2.05) is 30.3 Å². The highest BCUT2D eigenvalue weighted by Crippen LogP contribution is 2.22. The molecule has 0 radical (unpaired) electrons. The van der Waals surface area contributed by atoms with Gasteiger partial charge in [-0.05, 0) is 36.6 Å². The van der Waals surface area contributed by atoms with Gasteiger partial charge in [-0.2, -0.15) is 11.8 Å². The summed E-state index contributed by atoms with van der Waals surface area (Å²) in [4.78, 5) is 11.8. The molecule has 1 aromatic rings. The maximum absolute atomic E-state index is 11.8. The van der Waals surface area contributed by atoms with Crippen molar-refractivity contribution in [3.63, 3.8) is 0 Å². The zero-order valence-corrected chi connectivity index (χ0v) is 14.3. The lowest BCUT2D eigenvalue weighted by atomic mass is 10.0. The number of carbonyl (C=O) groups excluding carboxylic acids is 1. The Morgan fingerprint density at radius 3 is 2.77 bits per heavy atom. The molecule has 0 unspecified atom stereocenters. The first-order chi connectivity index (χ1) is 10.4. The molecule has 0 aromatic heterocycles. The molecule has 1 heterocycles. The molecule has 0 spiro atoms. The number of para-hydroxylation sites is 1. The summed E-state index contributed by atoms with van der Waals surface area (Å²) in [5, 5.41) is 2.85. The van der Waals surface area contributed by atoms with E-state index in [1.165, 1.54) is 6.26 Å². The van der Waals surface area contributed by atoms with Gasteiger partial charge in [0.1, 0.15) is 0 Å². The second-order valence-corrected chi connectivity index (χ2v) is 8.57. The van der Waals surface area contributed by atoms with Gasteiger partial charge in [-0.25, -0.2) is 12.7 Å². The van der Waals surface area contributed by atoms with Gasteiger partial charge in [0, 0.05) is 18.8 Å². The van der Waals surface area contributed by atoms with Gasteiger partial charge in [-0.1, -0.05) is 18.2 Å². The van der Waals surface area contributed by atoms with Gasteiger partial charge in [0.15, 0.2) is 0 Å². The Hall–Kier alpha value is -1.05. The molecule has 2 rings (SSSR count). The normalized spacial score (nSPS) is 19.8. The minimum atomic E-state index is -3.10. The van der Waals surface area contributed by atoms with E-state index < -0.39 is 10.0 Å². The summed E-state index contributed by atoms with van der Waals surface area (Å²) in [6, 6.07) is 9.37. The Kier molecular flexibility index (Phi) is 6.28. The number of hydrogen-bond acceptors (Lipinski definition) is 4. The molecule has 5 nitrogen and oxygen atoms in total. The van der Waals surface area contributed by atoms with Crippen molar-refractivity contribution in [2.45, 2.75) is 12.8 Å². The fourth-order valence-electron chi connectivity index (χ4n) is 2.50. The van der Waals surface area contributed by atoms with Crippen molar-refractivity contribution in [1.29, 1.82) is 0 Å². The first kappa shape index (κ1) is 17.3. The van der Waals surface area contributed by atoms with Crippen molar-refractivity contribution in [1.82, 2.24) is 4.31 Å². The van der Waals surface area contributed by atoms with Gasteiger partial charge in [0.2, 0.25) is 15.9 Å². The lowest BCUT2D eigenvalue weighted by Crippen LogP contribution is -2.40. The lowest BCUT2D eigenvalue weighted by Gasteiger charge is -2.30. The van der Waals surface area contributed by atoms with E-state index in [-0.39, 0.29) is 5.91 Å². The third-order valence-electron chi connectivity index (χ3n) is 3.59. The quantitative estimate of drug-likeness (QED) is 0.859. The number of amides is 1. The van der Waals surface area contributed by atoms with E-state index in [0.29, 0.717) is 24.8 Å². The zero-order chi connectivity index (χ0) is 16.0. The van der Waals surface area contributed by atoms with E-state index in [9.17, 15) is 13.2 Å². The molecule has 1 aliphatic heterocycles. The number of nitrogens with zero attached hydrogens (tertiary/aromatic N) is 1. The molecule has 7 heteroatoms. The van der Waals surface area contributed by atoms with Crippen LogP contribution in [0.25, 0.3) is 0 Å². The van der Waals surface area contributed by atoms with Gasteiger partial charge < -0.3 is 5.32 Å². The molecule has 122 valence electrons. The fraction of sp³-hybridized carbons (Fsp3) is 0.533. The second kappa shape index (κ2) is 7.99. The minimum Gasteiger partial charge on any atom is -0.325 e. The Labute approximate surface area is 136 Å². The lowest BCUT2D eigenvalue weighted by molar-refractivity contribution is -0.113. The maximum Gasteiger partial charge on any atom is 0.234 e. The van der Waals surface area contributed by atoms with Crippen molar-refractivity contribution in [2.24, 2.45) is 5.92 Å². The molecular weight excluding hydrogens is 320 g/mol. The number of piperidine rings is 1. The van der Waals surface area contributed by atoms with Crippen LogP contribution in [0.5, 0.6) is 0 Å². The monoisotopic (exact) mass is 342 g/mol. The highest BCUT2D eigenvalue weighted by atomic mass is 32.2. The van der Waals surface area contributed by atoms with Crippen LogP contribution in [-0.4, -0.2) is 49.5 Å². The summed E-state index contributed by atoms with van der Waals surface area (Å²) in [5.41, 5.74) is 0.800. The third-order valence-corrected chi connectivity index (χ3v) is 6.04. The highest BCUT2D eigenvalue weighted by molar-refractivity contribution is 7.99. The molecule has 22 heavy (non-hydrogen) atoms. The van der Waals surface area contributed by atoms with Crippen LogP contribution in [-0.2, 0) is 14.8 Å². The van der Waals surface area contributed by atoms with Crippen molar-refractivity contribution in [2.75, 3.05) is 36.2 Å². The highest BCUT2D eigenvalue weighted by Gasteiger charge is 2.25. The van der Waals surface area contributed by atoms with Gasteiger partial charge in [-0.15, -0.1) is 0 Å². The summed E-state index contributed by atoms with van der Waals surface area (Å²) >= 11 is 1.57. The number of hydrogen-bond donors (Lipinski definition) is 1. The molecule has 1 amide bonds. The van der Waals surface area contributed by atoms with Crippen molar-refractivity contribution < 1.29 is 13.2 Å². The first-order valence-corrected chi connectivity index (χ1v) is 10.3. The number of anilines is 1. The number of sulfonamides is 1. The van der Waals surface area contributed by atoms with Gasteiger partial charge >= 0.3 is 0 Å². The molecule has 1 fully saturated rings. The van der Waals surface area contributed by atoms with E-state index in [1.54, 1.807) is 16.1 Å². The maximum atomic E-state index is 11.8. The summed E-state index contributed by atoms with van der Waals surface area (Å²) < 4.78 is 24.7. The van der Waals surface area contributed by atoms with Crippen LogP contribution >= 0.6 is 11.8 Å². The number of benzene rings is 1. The van der Waals surface area contributed by atoms with E-state index >= 15 is 0 Å². The largest absolute Gasteiger partial charge is 0.325 e. The molecule has 1 N–H and O–H groups in total. The smallest absolute Gasteiger partial charge is 0.234 e. The van der Waals surface area contributed by atoms with Crippen LogP contribution in [0.1, 0.15) is 12.8 Å². The van der Waals surface area contributed by atoms with Crippen LogP contribution < -0.4 is 5.32 Å². The third kappa shape index (κ3) is 5.62. The first-order valence-electron chi connectivity index (χ1n) is 7.33. The number of carbonyl (C=O) groups is 1. The Balaban J connectivity index is 1.71. The number of thioether (sulfide) groups is 1. The van der Waals surface area contributed by atoms with Crippen LogP contribution in [0.4, 0.5) is 5.69 Å². The van der Waals surface area contributed by atoms with E-state index in [4.69, 9.17) is 0 Å². The molecule has 0 aliphatic carbocycles. The molecule has 1 atom stereocenters. The second-order valence-electron chi connectivity index (χ2n) is 5.56.